The summed E-state index contributed by atoms with van der Waals surface area (Å²) < 4.78 is 17.4. The molecule has 65 heavy (non-hydrogen) atoms. The maximum absolute atomic E-state index is 14.6. The highest BCUT2D eigenvalue weighted by Crippen LogP contribution is 2.24. The summed E-state index contributed by atoms with van der Waals surface area (Å²) in [4.78, 5) is 96.4. The molecule has 6 amide bonds. The zero-order valence-corrected chi connectivity index (χ0v) is 36.1. The van der Waals surface area contributed by atoms with Crippen LogP contribution in [0.4, 0.5) is 0 Å². The van der Waals surface area contributed by atoms with Crippen LogP contribution >= 0.6 is 0 Å². The molecule has 0 aliphatic heterocycles. The number of unbranched alkanes of at least 4 members (excludes halogenated alkanes) is 1. The van der Waals surface area contributed by atoms with E-state index < -0.39 is 71.7 Å². The van der Waals surface area contributed by atoms with Crippen LogP contribution < -0.4 is 43.8 Å². The topological polar surface area (TPSA) is 301 Å². The molecule has 3 heterocycles. The molecule has 18 nitrogen and oxygen atoms in total. The Labute approximate surface area is 378 Å². The first kappa shape index (κ1) is 44.3. The van der Waals surface area contributed by atoms with E-state index in [1.165, 1.54) is 19.4 Å². The first-order valence-electron chi connectivity index (χ1n) is 22.7. The number of carbonyl (C=O) groups is 6. The van der Waals surface area contributed by atoms with Crippen LogP contribution in [0.5, 0.6) is 0 Å². The van der Waals surface area contributed by atoms with E-state index in [9.17, 15) is 30.2 Å². The predicted octanol–water partition coefficient (Wildman–Crippen LogP) is 1.34. The molecule has 0 radical (unpaired) electrons. The van der Waals surface area contributed by atoms with E-state index in [-0.39, 0.29) is 39.0 Å². The molecule has 0 aliphatic rings. The standard InChI is InChI=1S/C47H58N12O6/c1-27-34(33-15-7-9-17-37(33)54-27)23-41(58-44(62)35(49)22-31-25-51-26-53-31)45(63)55-28(2)43(61)57-40(21-30-24-52-36-16-8-6-14-32(30)36)47(65)59-39(20-29-12-4-3-5-13-29)46(64)56-38(42(50)60)18-10-11-19-48/h3-9,12-17,24-26,28,35,38-41,52,54H,10-11,18-23,48-49H2,1-2H3,(H2,50,60)(H,51,53)(H,55,63)(H,56,64)(H,57,61)(H,58,62)(H,59,65)/t28-,35-,38-,39-,40-,41-/m0/s1/i1D/hD. The van der Waals surface area contributed by atoms with Crippen molar-refractivity contribution in [3.05, 3.63) is 126 Å². The van der Waals surface area contributed by atoms with Crippen LogP contribution in [0, 0.1) is 6.90 Å². The molecule has 6 atom stereocenters. The predicted molar refractivity (Wildman–Crippen MR) is 247 cm³/mol. The molecule has 0 saturated carbocycles. The van der Waals surface area contributed by atoms with E-state index in [0.29, 0.717) is 52.8 Å². The quantitative estimate of drug-likeness (QED) is 0.0413. The number of hydrogen-bond acceptors (Lipinski definition) is 9. The molecule has 0 spiro atoms. The minimum atomic E-state index is -1.56. The Morgan fingerprint density at radius 1 is 0.708 bits per heavy atom. The molecule has 6 rings (SSSR count). The molecule has 0 aliphatic carbocycles. The van der Waals surface area contributed by atoms with Gasteiger partial charge in [-0.1, -0.05) is 66.7 Å². The molecular formula is C47H58N12O6. The third-order valence-electron chi connectivity index (χ3n) is 11.2. The average Bonchev–Trinajstić information content (AvgIpc) is 4.09. The average molecular weight is 889 g/mol. The van der Waals surface area contributed by atoms with Gasteiger partial charge in [-0.2, -0.15) is 0 Å². The lowest BCUT2D eigenvalue weighted by Gasteiger charge is -2.26. The number of imidazole rings is 1. The van der Waals surface area contributed by atoms with Gasteiger partial charge in [0, 0.05) is 72.6 Å². The molecule has 0 bridgehead atoms. The second kappa shape index (κ2) is 22.4. The van der Waals surface area contributed by atoms with Crippen LogP contribution in [-0.2, 0) is 54.5 Å². The zero-order chi connectivity index (χ0) is 48.0. The summed E-state index contributed by atoms with van der Waals surface area (Å²) in [5, 5.41) is 12.7. The van der Waals surface area contributed by atoms with Crippen molar-refractivity contribution in [1.29, 1.82) is 0 Å². The van der Waals surface area contributed by atoms with Gasteiger partial charge in [-0.3, -0.25) is 28.8 Å². The number of nitrogens with zero attached hydrogens (tertiary/aromatic N) is 1. The van der Waals surface area contributed by atoms with Crippen molar-refractivity contribution in [1.82, 2.24) is 46.5 Å². The maximum atomic E-state index is 14.6. The number of nitrogens with one attached hydrogen (secondary N) is 8. The molecule has 3 aromatic heterocycles. The minimum Gasteiger partial charge on any atom is -0.368 e. The number of aromatic nitrogens is 4. The van der Waals surface area contributed by atoms with Crippen molar-refractivity contribution in [2.75, 3.05) is 6.54 Å². The smallest absolute Gasteiger partial charge is 0.243 e. The SMILES string of the molecule is [2H]Cc1[nH]c2ccccc2c1C[C@H](NC(=O)[C@@H](N)Cc1cnc[nH]1)C(=O)N[C@@H](C)C(=O)N([2H])[C@@H](Cc1c[nH]c2ccccc12)C(=O)N[C@@H](Cc1ccccc1)C(=O)N[C@@H](CCCCN)C(N)=O. The molecule has 342 valence electrons. The fraction of sp³-hybridized carbons (Fsp3) is 0.340. The monoisotopic (exact) mass is 888 g/mol. The Hall–Kier alpha value is -7.31. The van der Waals surface area contributed by atoms with Crippen LogP contribution in [-0.4, -0.2) is 98.2 Å². The first-order chi connectivity index (χ1) is 32.3. The number of nitrogens with two attached hydrogens (primary N) is 3. The third kappa shape index (κ3) is 12.7. The van der Waals surface area contributed by atoms with Crippen molar-refractivity contribution >= 4 is 57.2 Å². The van der Waals surface area contributed by atoms with Crippen molar-refractivity contribution < 1.29 is 31.5 Å². The molecule has 0 fully saturated rings. The van der Waals surface area contributed by atoms with E-state index in [1.54, 1.807) is 36.5 Å². The molecule has 3 aromatic carbocycles. The van der Waals surface area contributed by atoms with E-state index in [1.807, 2.05) is 48.5 Å². The molecule has 14 N–H and O–H groups in total. The van der Waals surface area contributed by atoms with Crippen LogP contribution in [0.25, 0.3) is 21.8 Å². The number of amides is 6. The lowest BCUT2D eigenvalue weighted by molar-refractivity contribution is -0.134. The van der Waals surface area contributed by atoms with Crippen LogP contribution in [0.2, 0.25) is 1.41 Å². The van der Waals surface area contributed by atoms with Crippen molar-refractivity contribution in [2.45, 2.75) is 95.0 Å². The van der Waals surface area contributed by atoms with Crippen LogP contribution in [0.15, 0.2) is 97.6 Å². The number of hydrogen-bond donors (Lipinski definition) is 11. The number of H-pyrrole nitrogens is 3. The summed E-state index contributed by atoms with van der Waals surface area (Å²) in [6.45, 7) is 1.58. The van der Waals surface area contributed by atoms with Crippen molar-refractivity contribution in [3.8, 4) is 0 Å². The number of para-hydroxylation sites is 2. The summed E-state index contributed by atoms with van der Waals surface area (Å²) in [6, 6.07) is 15.8. The number of rotatable bonds is 23. The van der Waals surface area contributed by atoms with Gasteiger partial charge < -0.3 is 58.7 Å². The normalized spacial score (nSPS) is 14.5. The summed E-state index contributed by atoms with van der Waals surface area (Å²) in [5.74, 6) is -4.75. The fourth-order valence-electron chi connectivity index (χ4n) is 7.63. The minimum absolute atomic E-state index is 0.0120. The molecule has 18 heteroatoms. The van der Waals surface area contributed by atoms with Gasteiger partial charge in [-0.25, -0.2) is 4.98 Å². The van der Waals surface area contributed by atoms with E-state index in [4.69, 9.17) is 18.6 Å². The Morgan fingerprint density at radius 3 is 2.06 bits per heavy atom. The highest BCUT2D eigenvalue weighted by Gasteiger charge is 2.33. The third-order valence-corrected chi connectivity index (χ3v) is 11.2. The zero-order valence-electron chi connectivity index (χ0n) is 38.1. The number of aryl methyl sites for hydroxylation is 1. The fourth-order valence-corrected chi connectivity index (χ4v) is 7.63. The molecular weight excluding hydrogens is 829 g/mol. The van der Waals surface area contributed by atoms with Crippen molar-refractivity contribution in [2.24, 2.45) is 17.2 Å². The Morgan fingerprint density at radius 2 is 1.35 bits per heavy atom. The number of carbonyl (C=O) groups excluding carboxylic acids is 6. The van der Waals surface area contributed by atoms with Gasteiger partial charge in [0.25, 0.3) is 0 Å². The van der Waals surface area contributed by atoms with E-state index in [2.05, 4.69) is 41.2 Å². The Balaban J connectivity index is 1.26. The van der Waals surface area contributed by atoms with Crippen LogP contribution in [0.1, 0.15) is 55.6 Å². The lowest BCUT2D eigenvalue weighted by atomic mass is 10.0. The van der Waals surface area contributed by atoms with Gasteiger partial charge in [0.1, 0.15) is 30.2 Å². The Bertz CT molecular complexity index is 2640. The summed E-state index contributed by atoms with van der Waals surface area (Å²) in [5.41, 5.74) is 22.0. The number of primary amides is 1. The number of fused-ring (bicyclic) bond motifs is 2. The van der Waals surface area contributed by atoms with Gasteiger partial charge in [-0.15, -0.1) is 0 Å². The largest absolute Gasteiger partial charge is 0.368 e. The number of aromatic amines is 3. The van der Waals surface area contributed by atoms with E-state index in [0.717, 1.165) is 21.8 Å². The lowest BCUT2D eigenvalue weighted by Crippen LogP contribution is -2.59. The summed E-state index contributed by atoms with van der Waals surface area (Å²) in [6.07, 6.45) is 5.78. The maximum Gasteiger partial charge on any atom is 0.243 e. The highest BCUT2D eigenvalue weighted by atomic mass is 16.2. The number of benzene rings is 3. The van der Waals surface area contributed by atoms with Gasteiger partial charge in [0.05, 0.1) is 12.4 Å². The molecule has 0 unspecified atom stereocenters. The summed E-state index contributed by atoms with van der Waals surface area (Å²) in [7, 11) is 0. The van der Waals surface area contributed by atoms with Gasteiger partial charge >= 0.3 is 0 Å². The highest BCUT2D eigenvalue weighted by molar-refractivity contribution is 5.97. The first-order valence-corrected chi connectivity index (χ1v) is 21.5. The van der Waals surface area contributed by atoms with Crippen LogP contribution in [0.3, 0.4) is 0 Å². The van der Waals surface area contributed by atoms with E-state index >= 15 is 0 Å². The van der Waals surface area contributed by atoms with Crippen molar-refractivity contribution in [3.63, 3.8) is 0 Å². The molecule has 6 aromatic rings. The molecule has 0 saturated heterocycles. The second-order valence-corrected chi connectivity index (χ2v) is 16.1. The summed E-state index contributed by atoms with van der Waals surface area (Å²) >= 11 is 0. The van der Waals surface area contributed by atoms with Gasteiger partial charge in [-0.05, 0) is 68.5 Å². The van der Waals surface area contributed by atoms with Gasteiger partial charge in [0.15, 0.2) is 1.41 Å². The second-order valence-electron chi connectivity index (χ2n) is 16.1. The Kier molecular flexibility index (Phi) is 15.2. The van der Waals surface area contributed by atoms with Gasteiger partial charge in [0.2, 0.25) is 35.4 Å².